The minimum atomic E-state index is -0.847. The van der Waals surface area contributed by atoms with Gasteiger partial charge >= 0.3 is 12.0 Å². The van der Waals surface area contributed by atoms with Crippen LogP contribution in [-0.4, -0.2) is 41.6 Å². The molecule has 19 heavy (non-hydrogen) atoms. The Morgan fingerprint density at radius 2 is 2.11 bits per heavy atom. The smallest absolute Gasteiger partial charge is 0.317 e. The third-order valence-electron chi connectivity index (χ3n) is 3.98. The molecule has 1 rings (SSSR count). The van der Waals surface area contributed by atoms with Gasteiger partial charge in [0, 0.05) is 19.6 Å². The summed E-state index contributed by atoms with van der Waals surface area (Å²) in [5.41, 5.74) is 0. The Bertz CT molecular complexity index is 318. The molecule has 0 bridgehead atoms. The molecule has 1 fully saturated rings. The molecule has 0 saturated carbocycles. The molecule has 110 valence electrons. The monoisotopic (exact) mass is 270 g/mol. The number of nitrogens with zero attached hydrogens (tertiary/aromatic N) is 1. The second-order valence-electron chi connectivity index (χ2n) is 5.74. The molecule has 5 nitrogen and oxygen atoms in total. The van der Waals surface area contributed by atoms with Gasteiger partial charge in [0.25, 0.3) is 0 Å². The minimum Gasteiger partial charge on any atom is -0.481 e. The zero-order valence-corrected chi connectivity index (χ0v) is 12.2. The second-order valence-corrected chi connectivity index (χ2v) is 5.74. The quantitative estimate of drug-likeness (QED) is 0.804. The first-order chi connectivity index (χ1) is 8.95. The summed E-state index contributed by atoms with van der Waals surface area (Å²) in [4.78, 5) is 24.9. The van der Waals surface area contributed by atoms with Crippen molar-refractivity contribution in [2.45, 2.75) is 40.0 Å². The SMILES string of the molecule is CCC1CCCN(C(=O)NCC(C(=O)O)C(C)C)C1. The first kappa shape index (κ1) is 15.8. The highest BCUT2D eigenvalue weighted by Crippen LogP contribution is 2.19. The number of nitrogens with one attached hydrogen (secondary N) is 1. The van der Waals surface area contributed by atoms with E-state index in [2.05, 4.69) is 12.2 Å². The lowest BCUT2D eigenvalue weighted by Gasteiger charge is -2.32. The van der Waals surface area contributed by atoms with Gasteiger partial charge < -0.3 is 15.3 Å². The lowest BCUT2D eigenvalue weighted by molar-refractivity contribution is -0.142. The predicted octanol–water partition coefficient (Wildman–Crippen LogP) is 2.17. The summed E-state index contributed by atoms with van der Waals surface area (Å²) in [7, 11) is 0. The molecule has 0 aromatic carbocycles. The van der Waals surface area contributed by atoms with E-state index in [0.717, 1.165) is 25.9 Å². The molecule has 2 amide bonds. The van der Waals surface area contributed by atoms with Crippen LogP contribution in [0.25, 0.3) is 0 Å². The van der Waals surface area contributed by atoms with Crippen LogP contribution in [0.15, 0.2) is 0 Å². The molecule has 1 aliphatic heterocycles. The van der Waals surface area contributed by atoms with Gasteiger partial charge in [0.2, 0.25) is 0 Å². The highest BCUT2D eigenvalue weighted by atomic mass is 16.4. The van der Waals surface area contributed by atoms with Gasteiger partial charge in [-0.2, -0.15) is 0 Å². The number of carbonyl (C=O) groups excluding carboxylic acids is 1. The van der Waals surface area contributed by atoms with Crippen molar-refractivity contribution < 1.29 is 14.7 Å². The average molecular weight is 270 g/mol. The number of hydrogen-bond donors (Lipinski definition) is 2. The zero-order valence-electron chi connectivity index (χ0n) is 12.2. The minimum absolute atomic E-state index is 0.0162. The van der Waals surface area contributed by atoms with E-state index in [0.29, 0.717) is 5.92 Å². The Hall–Kier alpha value is -1.26. The van der Waals surface area contributed by atoms with Crippen molar-refractivity contribution in [1.82, 2.24) is 10.2 Å². The molecular formula is C14H26N2O3. The number of amides is 2. The molecule has 1 heterocycles. The first-order valence-corrected chi connectivity index (χ1v) is 7.21. The van der Waals surface area contributed by atoms with E-state index in [1.165, 1.54) is 6.42 Å². The van der Waals surface area contributed by atoms with Crippen molar-refractivity contribution in [3.05, 3.63) is 0 Å². The van der Waals surface area contributed by atoms with Crippen molar-refractivity contribution in [2.75, 3.05) is 19.6 Å². The molecule has 2 N–H and O–H groups in total. The summed E-state index contributed by atoms with van der Waals surface area (Å²) < 4.78 is 0. The highest BCUT2D eigenvalue weighted by molar-refractivity contribution is 5.76. The van der Waals surface area contributed by atoms with Gasteiger partial charge in [-0.05, 0) is 24.7 Å². The van der Waals surface area contributed by atoms with Crippen LogP contribution >= 0.6 is 0 Å². The number of hydrogen-bond acceptors (Lipinski definition) is 2. The van der Waals surface area contributed by atoms with Crippen molar-refractivity contribution >= 4 is 12.0 Å². The normalized spacial score (nSPS) is 21.3. The largest absolute Gasteiger partial charge is 0.481 e. The summed E-state index contributed by atoms with van der Waals surface area (Å²) in [6, 6.07) is -0.120. The number of carbonyl (C=O) groups is 2. The van der Waals surface area contributed by atoms with Crippen LogP contribution in [-0.2, 0) is 4.79 Å². The van der Waals surface area contributed by atoms with E-state index in [-0.39, 0.29) is 18.5 Å². The van der Waals surface area contributed by atoms with Gasteiger partial charge in [0.15, 0.2) is 0 Å². The Kier molecular flexibility index (Phi) is 6.12. The van der Waals surface area contributed by atoms with E-state index >= 15 is 0 Å². The third-order valence-corrected chi connectivity index (χ3v) is 3.98. The standard InChI is InChI=1S/C14H26N2O3/c1-4-11-6-5-7-16(9-11)14(19)15-8-12(10(2)3)13(17)18/h10-12H,4-9H2,1-3H3,(H,15,19)(H,17,18). The van der Waals surface area contributed by atoms with Crippen LogP contribution in [0.2, 0.25) is 0 Å². The van der Waals surface area contributed by atoms with Crippen LogP contribution < -0.4 is 5.32 Å². The van der Waals surface area contributed by atoms with Crippen molar-refractivity contribution in [3.63, 3.8) is 0 Å². The predicted molar refractivity (Wildman–Crippen MR) is 74.0 cm³/mol. The number of likely N-dealkylation sites (tertiary alicyclic amines) is 1. The molecule has 1 saturated heterocycles. The Morgan fingerprint density at radius 1 is 1.42 bits per heavy atom. The van der Waals surface area contributed by atoms with Crippen LogP contribution in [0.3, 0.4) is 0 Å². The molecular weight excluding hydrogens is 244 g/mol. The van der Waals surface area contributed by atoms with E-state index in [1.54, 1.807) is 0 Å². The van der Waals surface area contributed by atoms with Crippen molar-refractivity contribution in [2.24, 2.45) is 17.8 Å². The molecule has 0 aliphatic carbocycles. The van der Waals surface area contributed by atoms with Gasteiger partial charge in [0.1, 0.15) is 0 Å². The van der Waals surface area contributed by atoms with Gasteiger partial charge in [-0.25, -0.2) is 4.79 Å². The Labute approximate surface area is 115 Å². The van der Waals surface area contributed by atoms with E-state index in [4.69, 9.17) is 5.11 Å². The van der Waals surface area contributed by atoms with Crippen molar-refractivity contribution in [1.29, 1.82) is 0 Å². The number of carboxylic acids is 1. The number of rotatable bonds is 5. The number of piperidine rings is 1. The van der Waals surface area contributed by atoms with Crippen LogP contribution in [0.5, 0.6) is 0 Å². The molecule has 5 heteroatoms. The molecule has 2 atom stereocenters. The Morgan fingerprint density at radius 3 is 2.63 bits per heavy atom. The molecule has 0 radical (unpaired) electrons. The fourth-order valence-electron chi connectivity index (χ4n) is 2.50. The van der Waals surface area contributed by atoms with Crippen LogP contribution in [0, 0.1) is 17.8 Å². The van der Waals surface area contributed by atoms with Gasteiger partial charge in [0.05, 0.1) is 5.92 Å². The van der Waals surface area contributed by atoms with E-state index < -0.39 is 11.9 Å². The average Bonchev–Trinajstić information content (AvgIpc) is 2.38. The molecule has 2 unspecified atom stereocenters. The van der Waals surface area contributed by atoms with Crippen molar-refractivity contribution in [3.8, 4) is 0 Å². The maximum Gasteiger partial charge on any atom is 0.317 e. The first-order valence-electron chi connectivity index (χ1n) is 7.21. The van der Waals surface area contributed by atoms with Crippen LogP contribution in [0.4, 0.5) is 4.79 Å². The molecule has 0 spiro atoms. The summed E-state index contributed by atoms with van der Waals surface area (Å²) in [6.07, 6.45) is 3.32. The summed E-state index contributed by atoms with van der Waals surface area (Å²) in [5.74, 6) is -0.765. The lowest BCUT2D eigenvalue weighted by Crippen LogP contribution is -2.47. The maximum atomic E-state index is 12.0. The zero-order chi connectivity index (χ0) is 14.4. The molecule has 0 aromatic rings. The second kappa shape index (κ2) is 7.36. The van der Waals surface area contributed by atoms with Gasteiger partial charge in [-0.1, -0.05) is 27.2 Å². The topological polar surface area (TPSA) is 69.6 Å². The van der Waals surface area contributed by atoms with Crippen LogP contribution in [0.1, 0.15) is 40.0 Å². The fourth-order valence-corrected chi connectivity index (χ4v) is 2.50. The van der Waals surface area contributed by atoms with Gasteiger partial charge in [-0.3, -0.25) is 4.79 Å². The summed E-state index contributed by atoms with van der Waals surface area (Å²) in [6.45, 7) is 7.64. The van der Waals surface area contributed by atoms with E-state index in [1.807, 2.05) is 18.7 Å². The maximum absolute atomic E-state index is 12.0. The molecule has 0 aromatic heterocycles. The fraction of sp³-hybridized carbons (Fsp3) is 0.857. The highest BCUT2D eigenvalue weighted by Gasteiger charge is 2.25. The number of aliphatic carboxylic acids is 1. The van der Waals surface area contributed by atoms with E-state index in [9.17, 15) is 9.59 Å². The number of carboxylic acid groups (broad SMARTS) is 1. The number of urea groups is 1. The summed E-state index contributed by atoms with van der Waals surface area (Å²) in [5, 5.41) is 11.8. The third kappa shape index (κ3) is 4.73. The molecule has 1 aliphatic rings. The summed E-state index contributed by atoms with van der Waals surface area (Å²) >= 11 is 0. The van der Waals surface area contributed by atoms with Gasteiger partial charge in [-0.15, -0.1) is 0 Å². The lowest BCUT2D eigenvalue weighted by atomic mass is 9.95. The Balaban J connectivity index is 2.43.